The summed E-state index contributed by atoms with van der Waals surface area (Å²) < 4.78 is 66.1. The molecule has 8 heteroatoms. The van der Waals surface area contributed by atoms with Crippen LogP contribution in [0.4, 0.5) is 13.2 Å². The Bertz CT molecular complexity index is 584. The maximum atomic E-state index is 13.5. The first-order valence-electron chi connectivity index (χ1n) is 6.24. The predicted octanol–water partition coefficient (Wildman–Crippen LogP) is 1.65. The van der Waals surface area contributed by atoms with E-state index in [0.717, 1.165) is 12.8 Å². The van der Waals surface area contributed by atoms with Gasteiger partial charge in [-0.15, -0.1) is 0 Å². The third-order valence-corrected chi connectivity index (χ3v) is 4.90. The molecule has 1 aromatic carbocycles. The van der Waals surface area contributed by atoms with Crippen LogP contribution in [0.1, 0.15) is 25.7 Å². The molecule has 0 radical (unpaired) electrons. The average Bonchev–Trinajstić information content (AvgIpc) is 2.30. The number of sulfonamides is 1. The van der Waals surface area contributed by atoms with E-state index >= 15 is 0 Å². The second kappa shape index (κ2) is 5.71. The highest BCUT2D eigenvalue weighted by atomic mass is 32.2. The molecule has 2 rings (SSSR count). The van der Waals surface area contributed by atoms with E-state index in [2.05, 4.69) is 4.72 Å². The van der Waals surface area contributed by atoms with Gasteiger partial charge in [0, 0.05) is 24.2 Å². The van der Waals surface area contributed by atoms with Gasteiger partial charge in [-0.25, -0.2) is 26.3 Å². The second-order valence-electron chi connectivity index (χ2n) is 4.87. The molecule has 20 heavy (non-hydrogen) atoms. The molecule has 1 fully saturated rings. The van der Waals surface area contributed by atoms with Gasteiger partial charge in [-0.3, -0.25) is 0 Å². The van der Waals surface area contributed by atoms with Crippen molar-refractivity contribution in [3.8, 4) is 0 Å². The molecule has 0 aliphatic heterocycles. The van der Waals surface area contributed by atoms with Crippen LogP contribution in [0.15, 0.2) is 17.0 Å². The molecule has 2 atom stereocenters. The van der Waals surface area contributed by atoms with E-state index in [1.807, 2.05) is 0 Å². The molecule has 0 spiro atoms. The number of hydrogen-bond acceptors (Lipinski definition) is 3. The van der Waals surface area contributed by atoms with Gasteiger partial charge in [-0.05, 0) is 12.8 Å². The first kappa shape index (κ1) is 15.3. The minimum atomic E-state index is -4.42. The first-order chi connectivity index (χ1) is 9.31. The van der Waals surface area contributed by atoms with E-state index in [-0.39, 0.29) is 0 Å². The van der Waals surface area contributed by atoms with Crippen molar-refractivity contribution in [1.29, 1.82) is 0 Å². The molecular weight excluding hydrogens is 293 g/mol. The molecule has 0 amide bonds. The fourth-order valence-corrected chi connectivity index (χ4v) is 3.79. The SMILES string of the molecule is NC1CCCCC1NS(=O)(=O)c1c(F)cc(F)cc1F. The van der Waals surface area contributed by atoms with Crippen molar-refractivity contribution in [3.63, 3.8) is 0 Å². The van der Waals surface area contributed by atoms with Gasteiger partial charge in [0.15, 0.2) is 4.90 Å². The number of nitrogens with one attached hydrogen (secondary N) is 1. The van der Waals surface area contributed by atoms with E-state index in [1.54, 1.807) is 0 Å². The van der Waals surface area contributed by atoms with Crippen LogP contribution >= 0.6 is 0 Å². The molecule has 1 aliphatic carbocycles. The highest BCUT2D eigenvalue weighted by Crippen LogP contribution is 2.23. The minimum Gasteiger partial charge on any atom is -0.326 e. The number of halogens is 3. The Morgan fingerprint density at radius 3 is 2.20 bits per heavy atom. The van der Waals surface area contributed by atoms with Crippen LogP contribution in [0, 0.1) is 17.5 Å². The lowest BCUT2D eigenvalue weighted by Crippen LogP contribution is -2.49. The van der Waals surface area contributed by atoms with Gasteiger partial charge in [0.2, 0.25) is 10.0 Å². The quantitative estimate of drug-likeness (QED) is 0.892. The summed E-state index contributed by atoms with van der Waals surface area (Å²) in [6.45, 7) is 0. The Morgan fingerprint density at radius 1 is 1.10 bits per heavy atom. The Labute approximate surface area is 115 Å². The van der Waals surface area contributed by atoms with E-state index in [9.17, 15) is 21.6 Å². The summed E-state index contributed by atoms with van der Waals surface area (Å²) in [5.41, 5.74) is 5.79. The fraction of sp³-hybridized carbons (Fsp3) is 0.500. The third-order valence-electron chi connectivity index (χ3n) is 3.36. The van der Waals surface area contributed by atoms with E-state index in [4.69, 9.17) is 5.73 Å². The van der Waals surface area contributed by atoms with Crippen molar-refractivity contribution in [3.05, 3.63) is 29.6 Å². The van der Waals surface area contributed by atoms with Crippen molar-refractivity contribution >= 4 is 10.0 Å². The number of rotatable bonds is 3. The van der Waals surface area contributed by atoms with Gasteiger partial charge in [0.05, 0.1) is 0 Å². The Hall–Kier alpha value is -1.12. The summed E-state index contributed by atoms with van der Waals surface area (Å²) in [5.74, 6) is -4.09. The molecule has 0 aromatic heterocycles. The van der Waals surface area contributed by atoms with Crippen LogP contribution in [0.2, 0.25) is 0 Å². The summed E-state index contributed by atoms with van der Waals surface area (Å²) in [6, 6.07) is -0.306. The first-order valence-corrected chi connectivity index (χ1v) is 7.72. The summed E-state index contributed by atoms with van der Waals surface area (Å²) >= 11 is 0. The van der Waals surface area contributed by atoms with Gasteiger partial charge < -0.3 is 5.73 Å². The summed E-state index contributed by atoms with van der Waals surface area (Å²) in [6.07, 6.45) is 2.82. The Kier molecular flexibility index (Phi) is 4.36. The van der Waals surface area contributed by atoms with Crippen LogP contribution in [0.3, 0.4) is 0 Å². The van der Waals surface area contributed by atoms with Gasteiger partial charge >= 0.3 is 0 Å². The van der Waals surface area contributed by atoms with Gasteiger partial charge in [0.1, 0.15) is 17.5 Å². The zero-order valence-corrected chi connectivity index (χ0v) is 11.4. The molecule has 1 saturated carbocycles. The molecule has 112 valence electrons. The molecule has 2 unspecified atom stereocenters. The van der Waals surface area contributed by atoms with Gasteiger partial charge in [-0.2, -0.15) is 0 Å². The Balaban J connectivity index is 2.31. The van der Waals surface area contributed by atoms with Crippen molar-refractivity contribution in [1.82, 2.24) is 4.72 Å². The molecule has 0 heterocycles. The zero-order chi connectivity index (χ0) is 14.9. The summed E-state index contributed by atoms with van der Waals surface area (Å²) in [4.78, 5) is -1.17. The molecule has 0 saturated heterocycles. The van der Waals surface area contributed by atoms with Crippen LogP contribution in [0.5, 0.6) is 0 Å². The van der Waals surface area contributed by atoms with Gasteiger partial charge in [-0.1, -0.05) is 12.8 Å². The fourth-order valence-electron chi connectivity index (χ4n) is 2.35. The average molecular weight is 308 g/mol. The highest BCUT2D eigenvalue weighted by molar-refractivity contribution is 7.89. The highest BCUT2D eigenvalue weighted by Gasteiger charge is 2.31. The molecular formula is C12H15F3N2O2S. The van der Waals surface area contributed by atoms with E-state index in [0.29, 0.717) is 25.0 Å². The lowest BCUT2D eigenvalue weighted by atomic mass is 9.92. The standard InChI is InChI=1S/C12H15F3N2O2S/c13-7-5-8(14)12(9(15)6-7)20(18,19)17-11-4-2-1-3-10(11)16/h5-6,10-11,17H,1-4,16H2. The largest absolute Gasteiger partial charge is 0.326 e. The lowest BCUT2D eigenvalue weighted by molar-refractivity contribution is 0.360. The monoisotopic (exact) mass is 308 g/mol. The molecule has 3 N–H and O–H groups in total. The van der Waals surface area contributed by atoms with Crippen LogP contribution < -0.4 is 10.5 Å². The number of hydrogen-bond donors (Lipinski definition) is 2. The van der Waals surface area contributed by atoms with E-state index < -0.39 is 44.5 Å². The Morgan fingerprint density at radius 2 is 1.65 bits per heavy atom. The summed E-state index contributed by atoms with van der Waals surface area (Å²) in [7, 11) is -4.42. The molecule has 0 bridgehead atoms. The number of nitrogens with two attached hydrogens (primary N) is 1. The molecule has 1 aromatic rings. The predicted molar refractivity (Wildman–Crippen MR) is 66.9 cm³/mol. The minimum absolute atomic E-state index is 0.332. The maximum absolute atomic E-state index is 13.5. The van der Waals surface area contributed by atoms with Crippen molar-refractivity contribution in [2.75, 3.05) is 0 Å². The van der Waals surface area contributed by atoms with Crippen molar-refractivity contribution in [2.24, 2.45) is 5.73 Å². The normalized spacial score (nSPS) is 23.8. The lowest BCUT2D eigenvalue weighted by Gasteiger charge is -2.29. The topological polar surface area (TPSA) is 72.2 Å². The van der Waals surface area contributed by atoms with Crippen molar-refractivity contribution in [2.45, 2.75) is 42.7 Å². The third kappa shape index (κ3) is 3.13. The summed E-state index contributed by atoms with van der Waals surface area (Å²) in [5, 5.41) is 0. The van der Waals surface area contributed by atoms with Crippen molar-refractivity contribution < 1.29 is 21.6 Å². The van der Waals surface area contributed by atoms with Crippen LogP contribution in [-0.2, 0) is 10.0 Å². The zero-order valence-electron chi connectivity index (χ0n) is 10.6. The molecule has 1 aliphatic rings. The second-order valence-corrected chi connectivity index (χ2v) is 6.53. The maximum Gasteiger partial charge on any atom is 0.246 e. The number of benzene rings is 1. The van der Waals surface area contributed by atoms with Gasteiger partial charge in [0.25, 0.3) is 0 Å². The smallest absolute Gasteiger partial charge is 0.246 e. The van der Waals surface area contributed by atoms with E-state index in [1.165, 1.54) is 0 Å². The van der Waals surface area contributed by atoms with Crippen LogP contribution in [0.25, 0.3) is 0 Å². The van der Waals surface area contributed by atoms with Crippen LogP contribution in [-0.4, -0.2) is 20.5 Å². The molecule has 4 nitrogen and oxygen atoms in total.